The lowest BCUT2D eigenvalue weighted by Gasteiger charge is -2.06. The number of rotatable bonds is 4. The molecule has 0 spiro atoms. The van der Waals surface area contributed by atoms with E-state index in [1.807, 2.05) is 24.3 Å². The van der Waals surface area contributed by atoms with Gasteiger partial charge in [-0.3, -0.25) is 0 Å². The Balaban J connectivity index is 2.34. The molecule has 0 saturated heterocycles. The fourth-order valence-corrected chi connectivity index (χ4v) is 4.11. The maximum atomic E-state index is 9.28. The molecule has 1 aromatic carbocycles. The topological polar surface area (TPSA) is 23.8 Å². The van der Waals surface area contributed by atoms with Gasteiger partial charge in [0, 0.05) is 9.79 Å². The summed E-state index contributed by atoms with van der Waals surface area (Å²) in [5.74, 6) is 0.988. The van der Waals surface area contributed by atoms with Crippen LogP contribution >= 0.6 is 34.9 Å². The molecule has 0 amide bonds. The van der Waals surface area contributed by atoms with Crippen molar-refractivity contribution >= 4 is 34.9 Å². The van der Waals surface area contributed by atoms with Crippen LogP contribution in [0.15, 0.2) is 49.7 Å². The Bertz CT molecular complexity index is 526. The predicted octanol–water partition coefficient (Wildman–Crippen LogP) is 4.88. The molecule has 0 aliphatic carbocycles. The molecule has 0 bridgehead atoms. The van der Waals surface area contributed by atoms with Gasteiger partial charge in [-0.2, -0.15) is 5.26 Å². The summed E-state index contributed by atoms with van der Waals surface area (Å²) in [6.45, 7) is 2.10. The molecular weight excluding hydrogens is 266 g/mol. The van der Waals surface area contributed by atoms with Gasteiger partial charge in [0.25, 0.3) is 0 Å². The molecule has 17 heavy (non-hydrogen) atoms. The van der Waals surface area contributed by atoms with E-state index in [2.05, 4.69) is 24.4 Å². The van der Waals surface area contributed by atoms with Gasteiger partial charge in [0.1, 0.15) is 6.07 Å². The first-order valence-corrected chi connectivity index (χ1v) is 7.90. The molecule has 0 aliphatic rings. The van der Waals surface area contributed by atoms with E-state index in [-0.39, 0.29) is 0 Å². The van der Waals surface area contributed by atoms with E-state index < -0.39 is 0 Å². The van der Waals surface area contributed by atoms with E-state index in [1.54, 1.807) is 34.9 Å². The van der Waals surface area contributed by atoms with Crippen LogP contribution in [0.2, 0.25) is 0 Å². The highest BCUT2D eigenvalue weighted by atomic mass is 32.2. The lowest BCUT2D eigenvalue weighted by molar-refractivity contribution is 1.25. The zero-order chi connectivity index (χ0) is 12.1. The molecule has 0 saturated carbocycles. The second kappa shape index (κ2) is 6.15. The van der Waals surface area contributed by atoms with Crippen LogP contribution in [-0.4, -0.2) is 5.75 Å². The van der Waals surface area contributed by atoms with Gasteiger partial charge in [0.2, 0.25) is 0 Å². The van der Waals surface area contributed by atoms with Gasteiger partial charge in [0.15, 0.2) is 0 Å². The summed E-state index contributed by atoms with van der Waals surface area (Å²) in [5.41, 5.74) is 0.803. The molecule has 0 aliphatic heterocycles. The van der Waals surface area contributed by atoms with Crippen molar-refractivity contribution in [3.05, 3.63) is 41.3 Å². The first kappa shape index (κ1) is 12.6. The third kappa shape index (κ3) is 3.06. The van der Waals surface area contributed by atoms with Gasteiger partial charge in [-0.25, -0.2) is 0 Å². The Labute approximate surface area is 114 Å². The van der Waals surface area contributed by atoms with Crippen molar-refractivity contribution in [3.8, 4) is 6.07 Å². The highest BCUT2D eigenvalue weighted by Gasteiger charge is 2.09. The van der Waals surface area contributed by atoms with Crippen LogP contribution in [0.3, 0.4) is 0 Å². The van der Waals surface area contributed by atoms with E-state index in [0.29, 0.717) is 0 Å². The molecule has 2 rings (SSSR count). The van der Waals surface area contributed by atoms with Crippen LogP contribution in [0.1, 0.15) is 12.5 Å². The summed E-state index contributed by atoms with van der Waals surface area (Å²) in [5, 5.41) is 11.3. The highest BCUT2D eigenvalue weighted by molar-refractivity contribution is 8.01. The van der Waals surface area contributed by atoms with Crippen molar-refractivity contribution in [3.63, 3.8) is 0 Å². The lowest BCUT2D eigenvalue weighted by atomic mass is 10.2. The molecular formula is C13H11NS3. The molecule has 2 aromatic rings. The molecule has 1 heterocycles. The van der Waals surface area contributed by atoms with Gasteiger partial charge in [-0.05, 0) is 29.3 Å². The van der Waals surface area contributed by atoms with Gasteiger partial charge < -0.3 is 0 Å². The van der Waals surface area contributed by atoms with Crippen LogP contribution in [0.25, 0.3) is 0 Å². The number of benzene rings is 1. The van der Waals surface area contributed by atoms with Gasteiger partial charge in [-0.15, -0.1) is 23.1 Å². The monoisotopic (exact) mass is 277 g/mol. The predicted molar refractivity (Wildman–Crippen MR) is 76.0 cm³/mol. The summed E-state index contributed by atoms with van der Waals surface area (Å²) in [7, 11) is 0. The maximum absolute atomic E-state index is 9.28. The summed E-state index contributed by atoms with van der Waals surface area (Å²) in [6, 6.07) is 12.5. The molecule has 0 fully saturated rings. The van der Waals surface area contributed by atoms with E-state index >= 15 is 0 Å². The van der Waals surface area contributed by atoms with E-state index in [9.17, 15) is 5.26 Å². The van der Waals surface area contributed by atoms with Gasteiger partial charge in [-0.1, -0.05) is 30.8 Å². The number of thioether (sulfide) groups is 1. The minimum Gasteiger partial charge on any atom is -0.192 e. The van der Waals surface area contributed by atoms with Crippen molar-refractivity contribution in [1.82, 2.24) is 0 Å². The van der Waals surface area contributed by atoms with Crippen LogP contribution in [0.4, 0.5) is 0 Å². The lowest BCUT2D eigenvalue weighted by Crippen LogP contribution is -1.85. The Kier molecular flexibility index (Phi) is 4.55. The number of nitriles is 1. The number of hydrogen-bond donors (Lipinski definition) is 0. The second-order valence-corrected chi connectivity index (χ2v) is 6.80. The largest absolute Gasteiger partial charge is 0.192 e. The first-order chi connectivity index (χ1) is 8.35. The molecule has 0 unspecified atom stereocenters. The molecule has 1 aromatic heterocycles. The molecule has 86 valence electrons. The van der Waals surface area contributed by atoms with Crippen molar-refractivity contribution in [2.24, 2.45) is 0 Å². The Morgan fingerprint density at radius 1 is 1.24 bits per heavy atom. The summed E-state index contributed by atoms with van der Waals surface area (Å²) in [6.07, 6.45) is 0. The minimum absolute atomic E-state index is 0.803. The minimum atomic E-state index is 0.803. The normalized spacial score (nSPS) is 10.1. The third-order valence-electron chi connectivity index (χ3n) is 2.11. The Hall–Kier alpha value is -0.890. The summed E-state index contributed by atoms with van der Waals surface area (Å²) < 4.78 is 1.22. The molecule has 4 heteroatoms. The molecule has 0 radical (unpaired) electrons. The SMILES string of the molecule is CCSc1cccc(Sc2cccs2)c1C#N. The smallest absolute Gasteiger partial charge is 0.101 e. The Morgan fingerprint density at radius 3 is 2.71 bits per heavy atom. The Morgan fingerprint density at radius 2 is 2.06 bits per heavy atom. The van der Waals surface area contributed by atoms with E-state index in [4.69, 9.17) is 0 Å². The van der Waals surface area contributed by atoms with Crippen LogP contribution in [0, 0.1) is 11.3 Å². The fraction of sp³-hybridized carbons (Fsp3) is 0.154. The first-order valence-electron chi connectivity index (χ1n) is 5.22. The van der Waals surface area contributed by atoms with Crippen LogP contribution in [0.5, 0.6) is 0 Å². The van der Waals surface area contributed by atoms with Crippen LogP contribution < -0.4 is 0 Å². The summed E-state index contributed by atoms with van der Waals surface area (Å²) in [4.78, 5) is 2.13. The van der Waals surface area contributed by atoms with Gasteiger partial charge in [0.05, 0.1) is 9.77 Å². The standard InChI is InChI=1S/C13H11NS3/c1-2-15-11-5-3-6-12(10(11)9-14)17-13-7-4-8-16-13/h3-8H,2H2,1H3. The summed E-state index contributed by atoms with van der Waals surface area (Å²) >= 11 is 5.09. The van der Waals surface area contributed by atoms with Crippen molar-refractivity contribution < 1.29 is 0 Å². The fourth-order valence-electron chi connectivity index (χ4n) is 1.41. The number of nitrogens with zero attached hydrogens (tertiary/aromatic N) is 1. The van der Waals surface area contributed by atoms with Crippen LogP contribution in [-0.2, 0) is 0 Å². The third-order valence-corrected chi connectivity index (χ3v) is 5.14. The quantitative estimate of drug-likeness (QED) is 0.744. The van der Waals surface area contributed by atoms with E-state index in [1.165, 1.54) is 4.21 Å². The van der Waals surface area contributed by atoms with Crippen molar-refractivity contribution in [2.75, 3.05) is 5.75 Å². The zero-order valence-electron chi connectivity index (χ0n) is 9.34. The van der Waals surface area contributed by atoms with Crippen molar-refractivity contribution in [1.29, 1.82) is 5.26 Å². The molecule has 0 atom stereocenters. The number of hydrogen-bond acceptors (Lipinski definition) is 4. The maximum Gasteiger partial charge on any atom is 0.101 e. The average Bonchev–Trinajstić information content (AvgIpc) is 2.83. The highest BCUT2D eigenvalue weighted by Crippen LogP contribution is 2.36. The second-order valence-electron chi connectivity index (χ2n) is 3.21. The van der Waals surface area contributed by atoms with Crippen molar-refractivity contribution in [2.45, 2.75) is 20.9 Å². The zero-order valence-corrected chi connectivity index (χ0v) is 11.8. The molecule has 1 nitrogen and oxygen atoms in total. The van der Waals surface area contributed by atoms with E-state index in [0.717, 1.165) is 21.1 Å². The average molecular weight is 277 g/mol. The molecule has 0 N–H and O–H groups in total. The van der Waals surface area contributed by atoms with Gasteiger partial charge >= 0.3 is 0 Å². The number of thiophene rings is 1.